The molecule has 2 heterocycles. The zero-order valence-corrected chi connectivity index (χ0v) is 21.8. The highest BCUT2D eigenvalue weighted by atomic mass is 35.5. The van der Waals surface area contributed by atoms with Gasteiger partial charge in [0.1, 0.15) is 11.8 Å². The van der Waals surface area contributed by atoms with Gasteiger partial charge in [-0.2, -0.15) is 0 Å². The van der Waals surface area contributed by atoms with Crippen LogP contribution in [-0.2, 0) is 11.2 Å². The highest BCUT2D eigenvalue weighted by Crippen LogP contribution is 2.40. The number of H-pyrrole nitrogens is 1. The number of ether oxygens (including phenoxy) is 2. The van der Waals surface area contributed by atoms with Gasteiger partial charge in [-0.05, 0) is 60.2 Å². The van der Waals surface area contributed by atoms with E-state index >= 15 is 0 Å². The van der Waals surface area contributed by atoms with E-state index in [0.29, 0.717) is 36.8 Å². The molecule has 1 aliphatic heterocycles. The molecule has 8 heteroatoms. The van der Waals surface area contributed by atoms with E-state index in [1.165, 1.54) is 0 Å². The Kier molecular flexibility index (Phi) is 8.13. The lowest BCUT2D eigenvalue weighted by Crippen LogP contribution is -2.41. The van der Waals surface area contributed by atoms with Crippen LogP contribution in [0.5, 0.6) is 5.75 Å². The molecule has 0 spiro atoms. The SMILES string of the molecule is CCC(CO)(CO)COc1ccc(C2c3[nH]c4ccc(Cl)cc4c3CCN2C(=O)OCC(C)C)cc1. The number of aliphatic hydroxyl groups is 2. The molecule has 1 aliphatic rings. The first-order valence-corrected chi connectivity index (χ1v) is 12.9. The molecule has 0 saturated carbocycles. The summed E-state index contributed by atoms with van der Waals surface area (Å²) in [5, 5.41) is 21.1. The average molecular weight is 515 g/mol. The Morgan fingerprint density at radius 2 is 1.92 bits per heavy atom. The van der Waals surface area contributed by atoms with Crippen molar-refractivity contribution < 1.29 is 24.5 Å². The highest BCUT2D eigenvalue weighted by Gasteiger charge is 2.35. The van der Waals surface area contributed by atoms with Crippen LogP contribution >= 0.6 is 11.6 Å². The average Bonchev–Trinajstić information content (AvgIpc) is 3.26. The monoisotopic (exact) mass is 514 g/mol. The molecule has 0 aliphatic carbocycles. The van der Waals surface area contributed by atoms with Gasteiger partial charge >= 0.3 is 6.09 Å². The zero-order valence-electron chi connectivity index (χ0n) is 21.1. The number of nitrogens with zero attached hydrogens (tertiary/aromatic N) is 1. The predicted octanol–water partition coefficient (Wildman–Crippen LogP) is 5.32. The summed E-state index contributed by atoms with van der Waals surface area (Å²) in [4.78, 5) is 18.4. The molecule has 0 radical (unpaired) electrons. The number of benzene rings is 2. The normalized spacial score (nSPS) is 15.9. The highest BCUT2D eigenvalue weighted by molar-refractivity contribution is 6.31. The number of amides is 1. The Hall–Kier alpha value is -2.74. The second-order valence-corrected chi connectivity index (χ2v) is 10.5. The van der Waals surface area contributed by atoms with Gasteiger partial charge in [0, 0.05) is 28.2 Å². The first kappa shape index (κ1) is 26.3. The number of rotatable bonds is 9. The predicted molar refractivity (Wildman–Crippen MR) is 141 cm³/mol. The summed E-state index contributed by atoms with van der Waals surface area (Å²) in [5.41, 5.74) is 3.34. The maximum Gasteiger partial charge on any atom is 0.410 e. The number of aromatic amines is 1. The van der Waals surface area contributed by atoms with Crippen LogP contribution < -0.4 is 4.74 Å². The first-order valence-electron chi connectivity index (χ1n) is 12.5. The maximum absolute atomic E-state index is 13.1. The fourth-order valence-electron chi connectivity index (χ4n) is 4.57. The summed E-state index contributed by atoms with van der Waals surface area (Å²) in [6, 6.07) is 13.0. The first-order chi connectivity index (χ1) is 17.3. The summed E-state index contributed by atoms with van der Waals surface area (Å²) in [5.74, 6) is 0.874. The van der Waals surface area contributed by atoms with E-state index in [2.05, 4.69) is 4.98 Å². The number of halogens is 1. The summed E-state index contributed by atoms with van der Waals surface area (Å²) in [6.07, 6.45) is 0.960. The van der Waals surface area contributed by atoms with E-state index in [9.17, 15) is 15.0 Å². The summed E-state index contributed by atoms with van der Waals surface area (Å²) < 4.78 is 11.5. The van der Waals surface area contributed by atoms with Gasteiger partial charge in [-0.3, -0.25) is 4.90 Å². The second kappa shape index (κ2) is 11.1. The molecule has 0 saturated heterocycles. The Balaban J connectivity index is 1.66. The van der Waals surface area contributed by atoms with E-state index in [1.807, 2.05) is 63.2 Å². The third kappa shape index (κ3) is 5.33. The van der Waals surface area contributed by atoms with E-state index in [-0.39, 0.29) is 37.9 Å². The smallest absolute Gasteiger partial charge is 0.410 e. The largest absolute Gasteiger partial charge is 0.493 e. The quantitative estimate of drug-likeness (QED) is 0.359. The molecule has 0 fully saturated rings. The van der Waals surface area contributed by atoms with Gasteiger partial charge < -0.3 is 24.7 Å². The lowest BCUT2D eigenvalue weighted by molar-refractivity contribution is 0.0114. The molecule has 7 nitrogen and oxygen atoms in total. The molecule has 194 valence electrons. The Morgan fingerprint density at radius 1 is 1.19 bits per heavy atom. The number of nitrogens with one attached hydrogen (secondary N) is 1. The van der Waals surface area contributed by atoms with Crippen molar-refractivity contribution in [2.75, 3.05) is 33.0 Å². The van der Waals surface area contributed by atoms with E-state index in [0.717, 1.165) is 27.7 Å². The minimum atomic E-state index is -0.681. The standard InChI is InChI=1S/C28H35ClN2O5/c1-4-28(15-32,16-33)17-36-21-8-5-19(6-9-21)26-25-22(23-13-20(29)7-10-24(23)30-25)11-12-31(26)27(34)35-14-18(2)3/h5-10,13,18,26,30,32-33H,4,11-12,14-17H2,1-3H3. The van der Waals surface area contributed by atoms with Crippen LogP contribution in [0, 0.1) is 11.3 Å². The van der Waals surface area contributed by atoms with E-state index in [1.54, 1.807) is 4.90 Å². The van der Waals surface area contributed by atoms with Crippen molar-refractivity contribution in [3.8, 4) is 5.75 Å². The van der Waals surface area contributed by atoms with Crippen LogP contribution in [0.2, 0.25) is 5.02 Å². The fourth-order valence-corrected chi connectivity index (χ4v) is 4.75. The lowest BCUT2D eigenvalue weighted by atomic mass is 9.88. The minimum Gasteiger partial charge on any atom is -0.493 e. The molecule has 36 heavy (non-hydrogen) atoms. The van der Waals surface area contributed by atoms with Crippen LogP contribution in [0.4, 0.5) is 4.79 Å². The molecular weight excluding hydrogens is 480 g/mol. The number of hydrogen-bond donors (Lipinski definition) is 3. The van der Waals surface area contributed by atoms with Gasteiger partial charge in [0.2, 0.25) is 0 Å². The Labute approximate surface area is 217 Å². The van der Waals surface area contributed by atoms with Crippen LogP contribution in [-0.4, -0.2) is 59.2 Å². The molecule has 2 aromatic carbocycles. The van der Waals surface area contributed by atoms with Gasteiger partial charge in [0.15, 0.2) is 0 Å². The molecule has 0 bridgehead atoms. The molecular formula is C28H35ClN2O5. The molecule has 1 unspecified atom stereocenters. The molecule has 4 rings (SSSR count). The Bertz CT molecular complexity index is 1180. The van der Waals surface area contributed by atoms with Gasteiger partial charge in [-0.25, -0.2) is 4.79 Å². The lowest BCUT2D eigenvalue weighted by Gasteiger charge is -2.35. The second-order valence-electron chi connectivity index (χ2n) is 10.1. The van der Waals surface area contributed by atoms with Crippen LogP contribution in [0.15, 0.2) is 42.5 Å². The molecule has 3 N–H and O–H groups in total. The number of fused-ring (bicyclic) bond motifs is 3. The van der Waals surface area contributed by atoms with Crippen LogP contribution in [0.3, 0.4) is 0 Å². The van der Waals surface area contributed by atoms with Crippen molar-refractivity contribution in [3.63, 3.8) is 0 Å². The summed E-state index contributed by atoms with van der Waals surface area (Å²) in [7, 11) is 0. The molecule has 1 amide bonds. The topological polar surface area (TPSA) is 95.0 Å². The van der Waals surface area contributed by atoms with Gasteiger partial charge in [0.25, 0.3) is 0 Å². The number of carbonyl (C=O) groups excluding carboxylic acids is 1. The van der Waals surface area contributed by atoms with E-state index in [4.69, 9.17) is 21.1 Å². The number of aliphatic hydroxyl groups excluding tert-OH is 2. The van der Waals surface area contributed by atoms with Crippen molar-refractivity contribution in [3.05, 3.63) is 64.3 Å². The van der Waals surface area contributed by atoms with Crippen LogP contribution in [0.25, 0.3) is 10.9 Å². The van der Waals surface area contributed by atoms with Gasteiger partial charge in [0.05, 0.1) is 31.8 Å². The van der Waals surface area contributed by atoms with Crippen molar-refractivity contribution in [2.45, 2.75) is 39.7 Å². The minimum absolute atomic E-state index is 0.152. The van der Waals surface area contributed by atoms with Gasteiger partial charge in [-0.1, -0.05) is 44.5 Å². The zero-order chi connectivity index (χ0) is 25.9. The summed E-state index contributed by atoms with van der Waals surface area (Å²) in [6.45, 7) is 6.73. The van der Waals surface area contributed by atoms with E-state index < -0.39 is 5.41 Å². The Morgan fingerprint density at radius 3 is 2.56 bits per heavy atom. The molecule has 3 aromatic rings. The molecule has 1 atom stereocenters. The van der Waals surface area contributed by atoms with Gasteiger partial charge in [-0.15, -0.1) is 0 Å². The third-order valence-electron chi connectivity index (χ3n) is 7.03. The summed E-state index contributed by atoms with van der Waals surface area (Å²) >= 11 is 6.29. The third-order valence-corrected chi connectivity index (χ3v) is 7.26. The van der Waals surface area contributed by atoms with Crippen molar-refractivity contribution in [2.24, 2.45) is 11.3 Å². The van der Waals surface area contributed by atoms with Crippen molar-refractivity contribution in [1.29, 1.82) is 0 Å². The number of aromatic nitrogens is 1. The number of hydrogen-bond acceptors (Lipinski definition) is 5. The fraction of sp³-hybridized carbons (Fsp3) is 0.464. The van der Waals surface area contributed by atoms with Crippen LogP contribution in [0.1, 0.15) is 50.1 Å². The van der Waals surface area contributed by atoms with Crippen molar-refractivity contribution in [1.82, 2.24) is 9.88 Å². The number of carbonyl (C=O) groups is 1. The maximum atomic E-state index is 13.1. The molecule has 1 aromatic heterocycles. The van der Waals surface area contributed by atoms with Crippen molar-refractivity contribution >= 4 is 28.6 Å².